The number of hydrogen-bond donors (Lipinski definition) is 1. The maximum Gasteiger partial charge on any atom is 0.142 e. The van der Waals surface area contributed by atoms with Crippen molar-refractivity contribution in [2.45, 2.75) is 33.1 Å². The van der Waals surface area contributed by atoms with Crippen molar-refractivity contribution in [3.05, 3.63) is 41.1 Å². The zero-order chi connectivity index (χ0) is 11.8. The van der Waals surface area contributed by atoms with E-state index in [0.717, 1.165) is 32.0 Å². The molecule has 1 aliphatic rings. The van der Waals surface area contributed by atoms with Crippen LogP contribution in [-0.2, 0) is 17.6 Å². The molecule has 0 saturated carbocycles. The molecule has 1 aliphatic heterocycles. The Morgan fingerprint density at radius 1 is 1.24 bits per heavy atom. The Kier molecular flexibility index (Phi) is 2.67. The zero-order valence-electron chi connectivity index (χ0n) is 10.5. The average molecular weight is 228 g/mol. The number of rotatable bonds is 2. The van der Waals surface area contributed by atoms with Crippen LogP contribution in [0.5, 0.6) is 0 Å². The summed E-state index contributed by atoms with van der Waals surface area (Å²) in [5, 5.41) is 1.38. The van der Waals surface area contributed by atoms with Gasteiger partial charge in [0.2, 0.25) is 0 Å². The van der Waals surface area contributed by atoms with Crippen LogP contribution in [0.15, 0.2) is 18.2 Å². The Morgan fingerprint density at radius 3 is 2.88 bits per heavy atom. The molecule has 3 rings (SSSR count). The monoisotopic (exact) mass is 228 g/mol. The largest absolute Gasteiger partial charge is 0.365 e. The number of hydrogen-bond acceptors (Lipinski definition) is 1. The summed E-state index contributed by atoms with van der Waals surface area (Å²) in [6.45, 7) is 5.17. The highest BCUT2D eigenvalue weighted by atomic mass is 16.5. The quantitative estimate of drug-likeness (QED) is 0.834. The first kappa shape index (κ1) is 10.8. The predicted molar refractivity (Wildman–Crippen MR) is 70.0 cm³/mol. The van der Waals surface area contributed by atoms with Gasteiger partial charge in [0.25, 0.3) is 0 Å². The van der Waals surface area contributed by atoms with Gasteiger partial charge in [0.1, 0.15) is 6.10 Å². The smallest absolute Gasteiger partial charge is 0.142 e. The van der Waals surface area contributed by atoms with Crippen LogP contribution < -0.4 is 0 Å². The standard InChI is InChI=1S/C15H18NO/c1-3-10-6-5-7-11-12-8-9-17-13(4-2)15(12)16-14(10)11/h5-7,16H,3-4,8-9H2,1-2H3. The molecule has 2 aromatic rings. The van der Waals surface area contributed by atoms with E-state index in [9.17, 15) is 0 Å². The third-order valence-corrected chi connectivity index (χ3v) is 3.64. The molecule has 17 heavy (non-hydrogen) atoms. The van der Waals surface area contributed by atoms with Crippen LogP contribution in [0.2, 0.25) is 0 Å². The minimum absolute atomic E-state index is 0.819. The molecule has 2 nitrogen and oxygen atoms in total. The molecule has 1 radical (unpaired) electrons. The van der Waals surface area contributed by atoms with Crippen molar-refractivity contribution < 1.29 is 4.74 Å². The van der Waals surface area contributed by atoms with Crippen LogP contribution in [0, 0.1) is 6.10 Å². The van der Waals surface area contributed by atoms with Gasteiger partial charge in [0, 0.05) is 10.9 Å². The number of aryl methyl sites for hydroxylation is 1. The summed E-state index contributed by atoms with van der Waals surface area (Å²) in [5.74, 6) is 0. The molecule has 2 heteroatoms. The zero-order valence-corrected chi connectivity index (χ0v) is 10.5. The van der Waals surface area contributed by atoms with Crippen LogP contribution in [0.1, 0.15) is 37.1 Å². The molecule has 0 bridgehead atoms. The highest BCUT2D eigenvalue weighted by Crippen LogP contribution is 2.34. The lowest BCUT2D eigenvalue weighted by molar-refractivity contribution is 0.144. The molecule has 0 fully saturated rings. The van der Waals surface area contributed by atoms with E-state index in [2.05, 4.69) is 37.0 Å². The van der Waals surface area contributed by atoms with Crippen molar-refractivity contribution >= 4 is 10.9 Å². The molecule has 89 valence electrons. The van der Waals surface area contributed by atoms with E-state index in [-0.39, 0.29) is 0 Å². The SMILES string of the molecule is CC[C]1OCCc2c1[nH]c1c(CC)cccc21. The number of H-pyrrole nitrogens is 1. The fraction of sp³-hybridized carbons (Fsp3) is 0.400. The summed E-state index contributed by atoms with van der Waals surface area (Å²) >= 11 is 0. The first-order chi connectivity index (χ1) is 8.35. The Morgan fingerprint density at radius 2 is 2.12 bits per heavy atom. The summed E-state index contributed by atoms with van der Waals surface area (Å²) in [6, 6.07) is 6.59. The molecule has 0 atom stereocenters. The van der Waals surface area contributed by atoms with E-state index in [4.69, 9.17) is 4.74 Å². The van der Waals surface area contributed by atoms with E-state index in [1.165, 1.54) is 27.7 Å². The molecular weight excluding hydrogens is 210 g/mol. The van der Waals surface area contributed by atoms with Crippen molar-refractivity contribution in [1.29, 1.82) is 0 Å². The number of fused-ring (bicyclic) bond motifs is 3. The second-order valence-electron chi connectivity index (χ2n) is 4.55. The van der Waals surface area contributed by atoms with Crippen LogP contribution in [0.25, 0.3) is 10.9 Å². The van der Waals surface area contributed by atoms with Gasteiger partial charge in [0.05, 0.1) is 12.3 Å². The van der Waals surface area contributed by atoms with Crippen molar-refractivity contribution in [3.8, 4) is 0 Å². The maximum absolute atomic E-state index is 5.74. The van der Waals surface area contributed by atoms with Crippen molar-refractivity contribution in [3.63, 3.8) is 0 Å². The maximum atomic E-state index is 5.74. The van der Waals surface area contributed by atoms with E-state index < -0.39 is 0 Å². The normalized spacial score (nSPS) is 16.4. The van der Waals surface area contributed by atoms with Crippen molar-refractivity contribution in [2.75, 3.05) is 6.61 Å². The van der Waals surface area contributed by atoms with Gasteiger partial charge in [-0.25, -0.2) is 0 Å². The number of aromatic nitrogens is 1. The number of aromatic amines is 1. The number of benzene rings is 1. The lowest BCUT2D eigenvalue weighted by atomic mass is 10.00. The summed E-state index contributed by atoms with van der Waals surface area (Å²) in [5.41, 5.74) is 5.37. The lowest BCUT2D eigenvalue weighted by Crippen LogP contribution is -2.15. The molecule has 0 amide bonds. The van der Waals surface area contributed by atoms with E-state index in [1.54, 1.807) is 0 Å². The van der Waals surface area contributed by atoms with Gasteiger partial charge < -0.3 is 9.72 Å². The highest BCUT2D eigenvalue weighted by Gasteiger charge is 2.24. The van der Waals surface area contributed by atoms with Gasteiger partial charge in [-0.1, -0.05) is 32.0 Å². The third kappa shape index (κ3) is 1.59. The highest BCUT2D eigenvalue weighted by molar-refractivity contribution is 5.88. The topological polar surface area (TPSA) is 25.0 Å². The molecular formula is C15H18NO. The lowest BCUT2D eigenvalue weighted by Gasteiger charge is -2.20. The van der Waals surface area contributed by atoms with Crippen LogP contribution in [0.4, 0.5) is 0 Å². The third-order valence-electron chi connectivity index (χ3n) is 3.64. The number of ether oxygens (including phenoxy) is 1. The molecule has 1 aromatic carbocycles. The minimum atomic E-state index is 0.819. The van der Waals surface area contributed by atoms with Crippen LogP contribution >= 0.6 is 0 Å². The molecule has 1 N–H and O–H groups in total. The Labute approximate surface area is 102 Å². The summed E-state index contributed by atoms with van der Waals surface area (Å²) in [6.07, 6.45) is 4.16. The van der Waals surface area contributed by atoms with Gasteiger partial charge >= 0.3 is 0 Å². The van der Waals surface area contributed by atoms with Crippen molar-refractivity contribution in [2.24, 2.45) is 0 Å². The molecule has 1 aromatic heterocycles. The number of nitrogens with one attached hydrogen (secondary N) is 1. The first-order valence-electron chi connectivity index (χ1n) is 6.46. The minimum Gasteiger partial charge on any atom is -0.365 e. The predicted octanol–water partition coefficient (Wildman–Crippen LogP) is 3.59. The second kappa shape index (κ2) is 4.19. The van der Waals surface area contributed by atoms with E-state index in [0.29, 0.717) is 0 Å². The van der Waals surface area contributed by atoms with Gasteiger partial charge in [-0.2, -0.15) is 0 Å². The second-order valence-corrected chi connectivity index (χ2v) is 4.55. The van der Waals surface area contributed by atoms with Gasteiger partial charge in [0.15, 0.2) is 0 Å². The fourth-order valence-electron chi connectivity index (χ4n) is 2.75. The van der Waals surface area contributed by atoms with Gasteiger partial charge in [-0.05, 0) is 30.4 Å². The van der Waals surface area contributed by atoms with Crippen LogP contribution in [-0.4, -0.2) is 11.6 Å². The molecule has 0 unspecified atom stereocenters. The number of para-hydroxylation sites is 1. The fourth-order valence-corrected chi connectivity index (χ4v) is 2.75. The first-order valence-corrected chi connectivity index (χ1v) is 6.46. The van der Waals surface area contributed by atoms with Crippen LogP contribution in [0.3, 0.4) is 0 Å². The molecule has 0 aliphatic carbocycles. The van der Waals surface area contributed by atoms with Gasteiger partial charge in [-0.15, -0.1) is 0 Å². The van der Waals surface area contributed by atoms with E-state index >= 15 is 0 Å². The Bertz CT molecular complexity index is 541. The summed E-state index contributed by atoms with van der Waals surface area (Å²) in [4.78, 5) is 3.57. The van der Waals surface area contributed by atoms with E-state index in [1.807, 2.05) is 0 Å². The Hall–Kier alpha value is -1.28. The molecule has 0 spiro atoms. The summed E-state index contributed by atoms with van der Waals surface area (Å²) in [7, 11) is 0. The Balaban J connectivity index is 2.25. The van der Waals surface area contributed by atoms with Gasteiger partial charge in [-0.3, -0.25) is 0 Å². The molecule has 0 saturated heterocycles. The average Bonchev–Trinajstić information content (AvgIpc) is 2.77. The molecule has 2 heterocycles. The van der Waals surface area contributed by atoms with Crippen molar-refractivity contribution in [1.82, 2.24) is 4.98 Å². The summed E-state index contributed by atoms with van der Waals surface area (Å²) < 4.78 is 5.74.